The average molecular weight is 249 g/mol. The van der Waals surface area contributed by atoms with Crippen LogP contribution in [0.5, 0.6) is 0 Å². The number of rotatable bonds is 5. The summed E-state index contributed by atoms with van der Waals surface area (Å²) in [4.78, 5) is 4.32. The van der Waals surface area contributed by atoms with Crippen molar-refractivity contribution < 1.29 is 9.84 Å². The number of pyridine rings is 1. The molecule has 2 heterocycles. The molecule has 2 atom stereocenters. The van der Waals surface area contributed by atoms with Gasteiger partial charge in [0.05, 0.1) is 12.2 Å². The number of nitrogens with zero attached hydrogens (tertiary/aromatic N) is 1. The van der Waals surface area contributed by atoms with Gasteiger partial charge in [0.25, 0.3) is 0 Å². The lowest BCUT2D eigenvalue weighted by atomic mass is 10.00. The minimum absolute atomic E-state index is 0.302. The Morgan fingerprint density at radius 3 is 3.11 bits per heavy atom. The van der Waals surface area contributed by atoms with E-state index in [0.29, 0.717) is 12.5 Å². The van der Waals surface area contributed by atoms with Crippen LogP contribution in [0.1, 0.15) is 43.4 Å². The van der Waals surface area contributed by atoms with E-state index < -0.39 is 0 Å². The van der Waals surface area contributed by atoms with Crippen molar-refractivity contribution >= 4 is 0 Å². The topological polar surface area (TPSA) is 42.4 Å². The lowest BCUT2D eigenvalue weighted by Crippen LogP contribution is -2.22. The zero-order valence-electron chi connectivity index (χ0n) is 11.1. The molecule has 1 aromatic rings. The first-order valence-electron chi connectivity index (χ1n) is 6.96. The molecule has 0 aromatic carbocycles. The normalized spacial score (nSPS) is 21.8. The number of ether oxygens (including phenoxy) is 1. The number of aliphatic hydroxyl groups excluding tert-OH is 1. The highest BCUT2D eigenvalue weighted by atomic mass is 16.5. The van der Waals surface area contributed by atoms with Crippen LogP contribution < -0.4 is 0 Å². The van der Waals surface area contributed by atoms with Gasteiger partial charge in [-0.25, -0.2) is 0 Å². The van der Waals surface area contributed by atoms with Gasteiger partial charge in [-0.05, 0) is 50.7 Å². The predicted octanol–water partition coefficient (Wildman–Crippen LogP) is 2.64. The van der Waals surface area contributed by atoms with Crippen LogP contribution in [0.15, 0.2) is 18.3 Å². The maximum absolute atomic E-state index is 10.1. The molecule has 0 bridgehead atoms. The van der Waals surface area contributed by atoms with Crippen molar-refractivity contribution in [3.63, 3.8) is 0 Å². The molecule has 0 aliphatic carbocycles. The van der Waals surface area contributed by atoms with Crippen molar-refractivity contribution in [2.45, 2.75) is 57.7 Å². The molecule has 1 aromatic heterocycles. The molecule has 0 amide bonds. The summed E-state index contributed by atoms with van der Waals surface area (Å²) in [5.41, 5.74) is 2.17. The van der Waals surface area contributed by atoms with E-state index in [1.807, 2.05) is 19.1 Å². The highest BCUT2D eigenvalue weighted by molar-refractivity contribution is 5.18. The second-order valence-corrected chi connectivity index (χ2v) is 5.19. The molecule has 100 valence electrons. The monoisotopic (exact) mass is 249 g/mol. The summed E-state index contributed by atoms with van der Waals surface area (Å²) in [7, 11) is 0. The molecule has 2 rings (SSSR count). The zero-order chi connectivity index (χ0) is 12.8. The number of aryl methyl sites for hydroxylation is 1. The maximum atomic E-state index is 10.1. The Morgan fingerprint density at radius 2 is 2.39 bits per heavy atom. The van der Waals surface area contributed by atoms with E-state index in [-0.39, 0.29) is 6.10 Å². The summed E-state index contributed by atoms with van der Waals surface area (Å²) in [5.74, 6) is 0. The highest BCUT2D eigenvalue weighted by Gasteiger charge is 2.16. The van der Waals surface area contributed by atoms with E-state index in [2.05, 4.69) is 4.98 Å². The Balaban J connectivity index is 1.74. The molecule has 0 saturated carbocycles. The van der Waals surface area contributed by atoms with Crippen LogP contribution in [-0.4, -0.2) is 28.9 Å². The van der Waals surface area contributed by atoms with Gasteiger partial charge in [0, 0.05) is 24.9 Å². The Morgan fingerprint density at radius 1 is 1.50 bits per heavy atom. The third kappa shape index (κ3) is 4.07. The third-order valence-corrected chi connectivity index (χ3v) is 3.64. The number of hydrogen-bond acceptors (Lipinski definition) is 3. The molecule has 3 nitrogen and oxygen atoms in total. The van der Waals surface area contributed by atoms with Crippen molar-refractivity contribution in [3.8, 4) is 0 Å². The van der Waals surface area contributed by atoms with Crippen molar-refractivity contribution in [2.24, 2.45) is 0 Å². The lowest BCUT2D eigenvalue weighted by Gasteiger charge is -2.23. The summed E-state index contributed by atoms with van der Waals surface area (Å²) in [5, 5.41) is 10.1. The molecule has 18 heavy (non-hydrogen) atoms. The molecule has 0 spiro atoms. The van der Waals surface area contributed by atoms with Gasteiger partial charge in [-0.3, -0.25) is 4.98 Å². The second kappa shape index (κ2) is 6.86. The van der Waals surface area contributed by atoms with Crippen molar-refractivity contribution in [3.05, 3.63) is 29.6 Å². The molecule has 1 aliphatic heterocycles. The van der Waals surface area contributed by atoms with E-state index in [0.717, 1.165) is 37.1 Å². The third-order valence-electron chi connectivity index (χ3n) is 3.64. The number of hydrogen-bond donors (Lipinski definition) is 1. The smallest absolute Gasteiger partial charge is 0.0596 e. The van der Waals surface area contributed by atoms with E-state index in [1.54, 1.807) is 6.20 Å². The van der Waals surface area contributed by atoms with Gasteiger partial charge >= 0.3 is 0 Å². The molecule has 1 fully saturated rings. The van der Waals surface area contributed by atoms with Crippen LogP contribution in [0, 0.1) is 6.92 Å². The predicted molar refractivity (Wildman–Crippen MR) is 71.5 cm³/mol. The standard InChI is InChI=1S/C15H23NO2/c1-12-5-4-9-16-15(12)11-13(17)7-8-14-6-2-3-10-18-14/h4-5,9,13-14,17H,2-3,6-8,10-11H2,1H3. The molecule has 1 N–H and O–H groups in total. The fraction of sp³-hybridized carbons (Fsp3) is 0.667. The van der Waals surface area contributed by atoms with Crippen LogP contribution in [0.3, 0.4) is 0 Å². The summed E-state index contributed by atoms with van der Waals surface area (Å²) in [6, 6.07) is 3.97. The van der Waals surface area contributed by atoms with Gasteiger partial charge in [-0.2, -0.15) is 0 Å². The summed E-state index contributed by atoms with van der Waals surface area (Å²) >= 11 is 0. The largest absolute Gasteiger partial charge is 0.393 e. The van der Waals surface area contributed by atoms with Crippen molar-refractivity contribution in [2.75, 3.05) is 6.61 Å². The molecule has 1 aliphatic rings. The molecular formula is C15H23NO2. The average Bonchev–Trinajstić information content (AvgIpc) is 2.40. The first-order valence-corrected chi connectivity index (χ1v) is 6.96. The van der Waals surface area contributed by atoms with E-state index in [9.17, 15) is 5.11 Å². The fourth-order valence-corrected chi connectivity index (χ4v) is 2.47. The van der Waals surface area contributed by atoms with Gasteiger partial charge in [0.1, 0.15) is 0 Å². The maximum Gasteiger partial charge on any atom is 0.0596 e. The minimum Gasteiger partial charge on any atom is -0.393 e. The van der Waals surface area contributed by atoms with Crippen molar-refractivity contribution in [1.29, 1.82) is 0 Å². The van der Waals surface area contributed by atoms with Crippen LogP contribution in [-0.2, 0) is 11.2 Å². The van der Waals surface area contributed by atoms with Crippen LogP contribution in [0.25, 0.3) is 0 Å². The summed E-state index contributed by atoms with van der Waals surface area (Å²) in [6.07, 6.45) is 7.87. The Bertz CT molecular complexity index is 361. The second-order valence-electron chi connectivity index (χ2n) is 5.19. The van der Waals surface area contributed by atoms with Crippen LogP contribution >= 0.6 is 0 Å². The zero-order valence-corrected chi connectivity index (χ0v) is 11.1. The van der Waals surface area contributed by atoms with Gasteiger partial charge in [-0.15, -0.1) is 0 Å². The molecule has 3 heteroatoms. The van der Waals surface area contributed by atoms with Gasteiger partial charge in [0.2, 0.25) is 0 Å². The van der Waals surface area contributed by atoms with Crippen LogP contribution in [0.2, 0.25) is 0 Å². The molecule has 2 unspecified atom stereocenters. The lowest BCUT2D eigenvalue weighted by molar-refractivity contribution is 0.00227. The number of aliphatic hydroxyl groups is 1. The van der Waals surface area contributed by atoms with E-state index in [1.165, 1.54) is 12.8 Å². The summed E-state index contributed by atoms with van der Waals surface area (Å²) in [6.45, 7) is 2.93. The van der Waals surface area contributed by atoms with Crippen molar-refractivity contribution in [1.82, 2.24) is 4.98 Å². The van der Waals surface area contributed by atoms with Gasteiger partial charge in [0.15, 0.2) is 0 Å². The summed E-state index contributed by atoms with van der Waals surface area (Å²) < 4.78 is 5.68. The molecular weight excluding hydrogens is 226 g/mol. The van der Waals surface area contributed by atoms with Gasteiger partial charge < -0.3 is 9.84 Å². The number of aromatic nitrogens is 1. The minimum atomic E-state index is -0.302. The van der Waals surface area contributed by atoms with Gasteiger partial charge in [-0.1, -0.05) is 6.07 Å². The Kier molecular flexibility index (Phi) is 5.14. The quantitative estimate of drug-likeness (QED) is 0.872. The van der Waals surface area contributed by atoms with E-state index in [4.69, 9.17) is 4.74 Å². The molecule has 1 saturated heterocycles. The first-order chi connectivity index (χ1) is 8.75. The van der Waals surface area contributed by atoms with E-state index >= 15 is 0 Å². The van der Waals surface area contributed by atoms with Crippen LogP contribution in [0.4, 0.5) is 0 Å². The Hall–Kier alpha value is -0.930. The highest BCUT2D eigenvalue weighted by Crippen LogP contribution is 2.19. The molecule has 0 radical (unpaired) electrons. The first kappa shape index (κ1) is 13.5. The SMILES string of the molecule is Cc1cccnc1CC(O)CCC1CCCCO1. The fourth-order valence-electron chi connectivity index (χ4n) is 2.47. The Labute approximate surface area is 109 Å².